The summed E-state index contributed by atoms with van der Waals surface area (Å²) in [4.78, 5) is 17.9. The van der Waals surface area contributed by atoms with E-state index in [0.29, 0.717) is 44.1 Å². The summed E-state index contributed by atoms with van der Waals surface area (Å²) >= 11 is 5.52. The number of sulfonamides is 1. The van der Waals surface area contributed by atoms with Crippen LogP contribution in [-0.4, -0.2) is 32.4 Å². The summed E-state index contributed by atoms with van der Waals surface area (Å²) < 4.78 is 35.6. The van der Waals surface area contributed by atoms with Crippen LogP contribution in [0.1, 0.15) is 33.9 Å². The Bertz CT molecular complexity index is 2020. The zero-order chi connectivity index (χ0) is 33.4. The number of primary sulfonamides is 1. The quantitative estimate of drug-likeness (QED) is 0.0928. The molecule has 0 bridgehead atoms. The Balaban J connectivity index is 1.46. The first-order valence-electron chi connectivity index (χ1n) is 14.5. The third kappa shape index (κ3) is 8.47. The Kier molecular flexibility index (Phi) is 10.4. The minimum absolute atomic E-state index is 0.0101. The first-order chi connectivity index (χ1) is 22.6. The first-order valence-corrected chi connectivity index (χ1v) is 16.4. The van der Waals surface area contributed by atoms with Gasteiger partial charge in [-0.15, -0.1) is 0 Å². The number of amidine groups is 1. The molecule has 0 aliphatic heterocycles. The summed E-state index contributed by atoms with van der Waals surface area (Å²) in [6, 6.07) is 37.4. The normalized spacial score (nSPS) is 12.2. The van der Waals surface area contributed by atoms with Crippen molar-refractivity contribution in [2.24, 2.45) is 15.9 Å². The van der Waals surface area contributed by atoms with Crippen LogP contribution in [0.2, 0.25) is 0 Å². The van der Waals surface area contributed by atoms with E-state index in [1.54, 1.807) is 92.0 Å². The summed E-state index contributed by atoms with van der Waals surface area (Å²) in [6.45, 7) is 0.276. The molecule has 11 heteroatoms. The maximum Gasteiger partial charge on any atom is 0.408 e. The number of hydrogen-bond acceptors (Lipinski definition) is 6. The number of benzene rings is 5. The maximum atomic E-state index is 13.1. The highest BCUT2D eigenvalue weighted by molar-refractivity contribution is 7.89. The van der Waals surface area contributed by atoms with Gasteiger partial charge in [0, 0.05) is 23.2 Å². The number of ether oxygens (including phenoxy) is 2. The van der Waals surface area contributed by atoms with E-state index >= 15 is 0 Å². The van der Waals surface area contributed by atoms with Crippen molar-refractivity contribution < 1.29 is 22.7 Å². The van der Waals surface area contributed by atoms with Crippen molar-refractivity contribution in [1.29, 1.82) is 0 Å². The second kappa shape index (κ2) is 14.8. The molecular weight excluding hydrogens is 633 g/mol. The van der Waals surface area contributed by atoms with Crippen molar-refractivity contribution in [3.63, 3.8) is 0 Å². The first kappa shape index (κ1) is 33.0. The largest absolute Gasteiger partial charge is 0.497 e. The average molecular weight is 665 g/mol. The Morgan fingerprint density at radius 2 is 1.51 bits per heavy atom. The molecule has 47 heavy (non-hydrogen) atoms. The molecule has 0 radical (unpaired) electrons. The van der Waals surface area contributed by atoms with Gasteiger partial charge in [0.2, 0.25) is 10.0 Å². The Labute approximate surface area is 278 Å². The van der Waals surface area contributed by atoms with Crippen LogP contribution < -0.4 is 20.9 Å². The van der Waals surface area contributed by atoms with Gasteiger partial charge in [-0.05, 0) is 58.7 Å². The highest BCUT2D eigenvalue weighted by Gasteiger charge is 2.21. The topological polar surface area (TPSA) is 146 Å². The van der Waals surface area contributed by atoms with Crippen molar-refractivity contribution in [3.8, 4) is 16.9 Å². The van der Waals surface area contributed by atoms with E-state index in [1.165, 1.54) is 6.07 Å². The number of amides is 1. The summed E-state index contributed by atoms with van der Waals surface area (Å²) in [7, 11) is -2.37. The van der Waals surface area contributed by atoms with E-state index in [0.717, 1.165) is 5.56 Å². The molecule has 5 rings (SSSR count). The molecule has 0 aromatic heterocycles. The maximum absolute atomic E-state index is 13.1. The lowest BCUT2D eigenvalue weighted by Gasteiger charge is -2.20. The third-order valence-electron chi connectivity index (χ3n) is 7.27. The van der Waals surface area contributed by atoms with Crippen LogP contribution in [0.4, 0.5) is 4.79 Å². The SMILES string of the molecule is COc1ccc(C(=S)N=C(N)c2cccc(C(OC(=O)NCc3ccccc3)c3ccc(-c4ccccc4S(N)(=O)=O)cc3)c2)cc1. The van der Waals surface area contributed by atoms with Crippen molar-refractivity contribution in [2.75, 3.05) is 7.11 Å². The molecule has 5 N–H and O–H groups in total. The van der Waals surface area contributed by atoms with Crippen molar-refractivity contribution in [2.45, 2.75) is 17.5 Å². The molecule has 0 aliphatic rings. The summed E-state index contributed by atoms with van der Waals surface area (Å²) in [5, 5.41) is 8.27. The molecule has 5 aromatic carbocycles. The second-order valence-electron chi connectivity index (χ2n) is 10.4. The number of nitrogens with zero attached hydrogens (tertiary/aromatic N) is 1. The molecule has 0 saturated carbocycles. The van der Waals surface area contributed by atoms with Crippen LogP contribution in [0.25, 0.3) is 11.1 Å². The van der Waals surface area contributed by atoms with Gasteiger partial charge in [0.05, 0.1) is 12.0 Å². The third-order valence-corrected chi connectivity index (χ3v) is 8.56. The minimum atomic E-state index is -3.95. The van der Waals surface area contributed by atoms with E-state index in [4.69, 9.17) is 32.6 Å². The highest BCUT2D eigenvalue weighted by atomic mass is 32.2. The van der Waals surface area contributed by atoms with Crippen LogP contribution in [0.5, 0.6) is 5.75 Å². The monoisotopic (exact) mass is 664 g/mol. The van der Waals surface area contributed by atoms with Gasteiger partial charge >= 0.3 is 6.09 Å². The van der Waals surface area contributed by atoms with E-state index in [2.05, 4.69) is 10.3 Å². The fraction of sp³-hybridized carbons (Fsp3) is 0.0833. The zero-order valence-corrected chi connectivity index (χ0v) is 27.0. The number of aliphatic imine (C=N–C) groups is 1. The number of methoxy groups -OCH3 is 1. The summed E-state index contributed by atoms with van der Waals surface area (Å²) in [5.41, 5.74) is 11.0. The highest BCUT2D eigenvalue weighted by Crippen LogP contribution is 2.31. The Morgan fingerprint density at radius 1 is 0.830 bits per heavy atom. The fourth-order valence-electron chi connectivity index (χ4n) is 4.87. The molecule has 1 atom stereocenters. The smallest absolute Gasteiger partial charge is 0.408 e. The molecule has 0 fully saturated rings. The van der Waals surface area contributed by atoms with Crippen molar-refractivity contribution >= 4 is 39.2 Å². The number of rotatable bonds is 10. The number of nitrogens with one attached hydrogen (secondary N) is 1. The summed E-state index contributed by atoms with van der Waals surface area (Å²) in [5.74, 6) is 0.886. The van der Waals surface area contributed by atoms with Crippen LogP contribution in [-0.2, 0) is 21.3 Å². The number of thiocarbonyl (C=S) groups is 1. The van der Waals surface area contributed by atoms with E-state index < -0.39 is 22.2 Å². The van der Waals surface area contributed by atoms with E-state index in [1.807, 2.05) is 36.4 Å². The lowest BCUT2D eigenvalue weighted by molar-refractivity contribution is 0.116. The minimum Gasteiger partial charge on any atom is -0.497 e. The van der Waals surface area contributed by atoms with Crippen molar-refractivity contribution in [1.82, 2.24) is 5.32 Å². The Morgan fingerprint density at radius 3 is 2.19 bits per heavy atom. The van der Waals surface area contributed by atoms with Gasteiger partial charge in [-0.2, -0.15) is 0 Å². The molecular formula is C36H32N4O5S2. The molecule has 9 nitrogen and oxygen atoms in total. The van der Waals surface area contributed by atoms with E-state index in [-0.39, 0.29) is 17.3 Å². The number of hydrogen-bond donors (Lipinski definition) is 3. The lowest BCUT2D eigenvalue weighted by atomic mass is 9.96. The summed E-state index contributed by atoms with van der Waals surface area (Å²) in [6.07, 6.45) is -1.48. The molecule has 5 aromatic rings. The van der Waals surface area contributed by atoms with Gasteiger partial charge < -0.3 is 20.5 Å². The molecule has 238 valence electrons. The number of carbonyl (C=O) groups is 1. The standard InChI is InChI=1S/C36H32N4O5S2/c1-44-30-20-18-27(19-21-30)35(46)40-34(37)29-11-7-10-28(22-29)33(45-36(41)39-23-24-8-3-2-4-9-24)26-16-14-25(15-17-26)31-12-5-6-13-32(31)47(38,42)43/h2-22,33H,23H2,1H3,(H,39,41)(H2,37,40,46)(H2,38,42,43). The fourth-order valence-corrected chi connectivity index (χ4v) is 5.87. The number of carbonyl (C=O) groups excluding carboxylic acids is 1. The molecule has 0 heterocycles. The molecule has 0 saturated heterocycles. The number of alkyl carbamates (subject to hydrolysis) is 1. The lowest BCUT2D eigenvalue weighted by Crippen LogP contribution is -2.26. The van der Waals surface area contributed by atoms with E-state index in [9.17, 15) is 13.2 Å². The molecule has 1 amide bonds. The van der Waals surface area contributed by atoms with Crippen LogP contribution >= 0.6 is 12.2 Å². The Hall–Kier alpha value is -5.36. The predicted octanol–water partition coefficient (Wildman–Crippen LogP) is 6.11. The van der Waals surface area contributed by atoms with Gasteiger partial charge in [-0.1, -0.05) is 103 Å². The second-order valence-corrected chi connectivity index (χ2v) is 12.4. The predicted molar refractivity (Wildman–Crippen MR) is 187 cm³/mol. The van der Waals surface area contributed by atoms with Crippen LogP contribution in [0, 0.1) is 0 Å². The van der Waals surface area contributed by atoms with Gasteiger partial charge in [-0.25, -0.2) is 23.3 Å². The van der Waals surface area contributed by atoms with Crippen LogP contribution in [0.3, 0.4) is 0 Å². The zero-order valence-electron chi connectivity index (χ0n) is 25.4. The van der Waals surface area contributed by atoms with Gasteiger partial charge in [0.15, 0.2) is 6.10 Å². The number of nitrogens with two attached hydrogens (primary N) is 2. The molecule has 1 unspecified atom stereocenters. The van der Waals surface area contributed by atoms with Gasteiger partial charge in [0.25, 0.3) is 0 Å². The molecule has 0 spiro atoms. The van der Waals surface area contributed by atoms with Crippen LogP contribution in [0.15, 0.2) is 137 Å². The van der Waals surface area contributed by atoms with Crippen molar-refractivity contribution in [3.05, 3.63) is 155 Å². The van der Waals surface area contributed by atoms with Gasteiger partial charge in [-0.3, -0.25) is 0 Å². The molecule has 0 aliphatic carbocycles. The average Bonchev–Trinajstić information content (AvgIpc) is 3.10. The van der Waals surface area contributed by atoms with Gasteiger partial charge in [0.1, 0.15) is 16.6 Å².